The summed E-state index contributed by atoms with van der Waals surface area (Å²) in [5.74, 6) is -6.12. The first kappa shape index (κ1) is 14.2. The predicted molar refractivity (Wildman–Crippen MR) is 73.8 cm³/mol. The number of nitrogens with one attached hydrogen (secondary N) is 1. The third-order valence-corrected chi connectivity index (χ3v) is 3.52. The third kappa shape index (κ3) is 2.16. The van der Waals surface area contributed by atoms with Crippen LogP contribution < -0.4 is 0 Å². The summed E-state index contributed by atoms with van der Waals surface area (Å²) in [6.45, 7) is 0. The Hall–Kier alpha value is -1.74. The van der Waals surface area contributed by atoms with E-state index in [2.05, 4.69) is 25.9 Å². The molecule has 1 N–H and O–H groups in total. The van der Waals surface area contributed by atoms with E-state index in [0.717, 1.165) is 4.57 Å². The Balaban J connectivity index is 2.47. The van der Waals surface area contributed by atoms with Crippen LogP contribution >= 0.6 is 28.1 Å². The fraction of sp³-hybridized carbons (Fsp3) is 0. The van der Waals surface area contributed by atoms with Crippen molar-refractivity contribution in [2.75, 3.05) is 0 Å². The maximum atomic E-state index is 13.9. The maximum absolute atomic E-state index is 13.9. The Morgan fingerprint density at radius 1 is 1.10 bits per heavy atom. The summed E-state index contributed by atoms with van der Waals surface area (Å²) in [6, 6.07) is 1.71. The van der Waals surface area contributed by atoms with Gasteiger partial charge in [0.25, 0.3) is 0 Å². The van der Waals surface area contributed by atoms with Gasteiger partial charge in [0.1, 0.15) is 5.69 Å². The van der Waals surface area contributed by atoms with E-state index < -0.39 is 29.0 Å². The van der Waals surface area contributed by atoms with Crippen LogP contribution in [0.4, 0.5) is 17.6 Å². The Bertz CT molecular complexity index is 908. The van der Waals surface area contributed by atoms with Crippen molar-refractivity contribution in [3.05, 3.63) is 50.8 Å². The first-order chi connectivity index (χ1) is 9.90. The van der Waals surface area contributed by atoms with Crippen molar-refractivity contribution < 1.29 is 17.6 Å². The Kier molecular flexibility index (Phi) is 3.33. The number of H-pyrrole nitrogens is 1. The van der Waals surface area contributed by atoms with Crippen LogP contribution in [0, 0.1) is 28.0 Å². The molecule has 0 saturated heterocycles. The summed E-state index contributed by atoms with van der Waals surface area (Å²) < 4.78 is 55.7. The molecule has 1 aromatic carbocycles. The topological polar surface area (TPSA) is 33.6 Å². The zero-order valence-electron chi connectivity index (χ0n) is 9.92. The first-order valence-corrected chi connectivity index (χ1v) is 6.70. The number of hydrogen-bond acceptors (Lipinski definition) is 2. The number of fused-ring (bicyclic) bond motifs is 1. The molecule has 3 nitrogen and oxygen atoms in total. The standard InChI is InChI=1S/C12H4BrF4N3S/c13-4-1-7-11(18-3-4)20(12(21)19-7)10-8(16)5(14)2-6(15)9(10)17/h1-3H,(H,19,21). The second kappa shape index (κ2) is 4.92. The Morgan fingerprint density at radius 2 is 1.71 bits per heavy atom. The smallest absolute Gasteiger partial charge is 0.186 e. The number of pyridine rings is 1. The van der Waals surface area contributed by atoms with Crippen LogP contribution in [0.5, 0.6) is 0 Å². The van der Waals surface area contributed by atoms with E-state index in [4.69, 9.17) is 12.2 Å². The van der Waals surface area contributed by atoms with Gasteiger partial charge in [0.15, 0.2) is 33.7 Å². The number of nitrogens with zero attached hydrogens (tertiary/aromatic N) is 2. The molecule has 0 saturated carbocycles. The normalized spacial score (nSPS) is 11.3. The average molecular weight is 378 g/mol. The van der Waals surface area contributed by atoms with Gasteiger partial charge in [-0.05, 0) is 34.2 Å². The molecule has 108 valence electrons. The summed E-state index contributed by atoms with van der Waals surface area (Å²) in [6.07, 6.45) is 1.37. The highest BCUT2D eigenvalue weighted by atomic mass is 79.9. The molecule has 3 aromatic rings. The minimum absolute atomic E-state index is 0.0472. The predicted octanol–water partition coefficient (Wildman–Crippen LogP) is 4.40. The van der Waals surface area contributed by atoms with Gasteiger partial charge < -0.3 is 4.98 Å². The van der Waals surface area contributed by atoms with Crippen LogP contribution in [0.1, 0.15) is 0 Å². The minimum atomic E-state index is -1.55. The van der Waals surface area contributed by atoms with Crippen LogP contribution in [0.2, 0.25) is 0 Å². The van der Waals surface area contributed by atoms with Gasteiger partial charge in [-0.15, -0.1) is 0 Å². The highest BCUT2D eigenvalue weighted by molar-refractivity contribution is 9.10. The summed E-state index contributed by atoms with van der Waals surface area (Å²) >= 11 is 8.14. The number of aromatic nitrogens is 3. The summed E-state index contributed by atoms with van der Waals surface area (Å²) in [5.41, 5.74) is -0.539. The van der Waals surface area contributed by atoms with E-state index >= 15 is 0 Å². The van der Waals surface area contributed by atoms with Gasteiger partial charge in [-0.25, -0.2) is 22.5 Å². The second-order valence-corrected chi connectivity index (χ2v) is 5.41. The molecule has 0 amide bonds. The van der Waals surface area contributed by atoms with Gasteiger partial charge in [-0.1, -0.05) is 0 Å². The zero-order chi connectivity index (χ0) is 15.3. The molecule has 2 aromatic heterocycles. The van der Waals surface area contributed by atoms with E-state index in [1.807, 2.05) is 0 Å². The fourth-order valence-corrected chi connectivity index (χ4v) is 2.55. The van der Waals surface area contributed by atoms with E-state index in [1.165, 1.54) is 6.20 Å². The molecule has 21 heavy (non-hydrogen) atoms. The van der Waals surface area contributed by atoms with Crippen molar-refractivity contribution in [3.63, 3.8) is 0 Å². The van der Waals surface area contributed by atoms with E-state index in [-0.39, 0.29) is 16.5 Å². The average Bonchev–Trinajstić information content (AvgIpc) is 2.73. The molecule has 0 atom stereocenters. The van der Waals surface area contributed by atoms with Crippen LogP contribution in [0.25, 0.3) is 16.9 Å². The summed E-state index contributed by atoms with van der Waals surface area (Å²) in [5, 5.41) is 0. The first-order valence-electron chi connectivity index (χ1n) is 5.50. The molecule has 0 bridgehead atoms. The molecule has 0 unspecified atom stereocenters. The molecule has 0 radical (unpaired) electrons. The molecule has 0 spiro atoms. The zero-order valence-corrected chi connectivity index (χ0v) is 12.3. The number of benzene rings is 1. The van der Waals surface area contributed by atoms with E-state index in [9.17, 15) is 17.6 Å². The number of imidazole rings is 1. The lowest BCUT2D eigenvalue weighted by Gasteiger charge is -2.08. The number of halogens is 5. The van der Waals surface area contributed by atoms with Crippen molar-refractivity contribution in [2.24, 2.45) is 0 Å². The summed E-state index contributed by atoms with van der Waals surface area (Å²) in [7, 11) is 0. The molecule has 0 aliphatic heterocycles. The molecule has 0 fully saturated rings. The lowest BCUT2D eigenvalue weighted by Crippen LogP contribution is -2.07. The van der Waals surface area contributed by atoms with Gasteiger partial charge >= 0.3 is 0 Å². The van der Waals surface area contributed by atoms with Crippen LogP contribution in [0.3, 0.4) is 0 Å². The van der Waals surface area contributed by atoms with Crippen molar-refractivity contribution in [2.45, 2.75) is 0 Å². The Labute approximate surface area is 128 Å². The van der Waals surface area contributed by atoms with Crippen molar-refractivity contribution in [1.82, 2.24) is 14.5 Å². The number of rotatable bonds is 1. The monoisotopic (exact) mass is 377 g/mol. The van der Waals surface area contributed by atoms with E-state index in [0.29, 0.717) is 9.99 Å². The van der Waals surface area contributed by atoms with Crippen LogP contribution in [-0.4, -0.2) is 14.5 Å². The van der Waals surface area contributed by atoms with Gasteiger partial charge in [0.05, 0.1) is 5.52 Å². The summed E-state index contributed by atoms with van der Waals surface area (Å²) in [4.78, 5) is 6.63. The van der Waals surface area contributed by atoms with Crippen LogP contribution in [-0.2, 0) is 0 Å². The molecule has 9 heteroatoms. The highest BCUT2D eigenvalue weighted by Crippen LogP contribution is 2.27. The fourth-order valence-electron chi connectivity index (χ4n) is 1.93. The van der Waals surface area contributed by atoms with Crippen molar-refractivity contribution in [3.8, 4) is 5.69 Å². The second-order valence-electron chi connectivity index (χ2n) is 4.11. The van der Waals surface area contributed by atoms with Gasteiger partial charge in [-0.3, -0.25) is 4.57 Å². The van der Waals surface area contributed by atoms with Gasteiger partial charge in [0, 0.05) is 16.7 Å². The van der Waals surface area contributed by atoms with Gasteiger partial charge in [0.2, 0.25) is 0 Å². The number of hydrogen-bond donors (Lipinski definition) is 1. The third-order valence-electron chi connectivity index (χ3n) is 2.80. The van der Waals surface area contributed by atoms with E-state index in [1.54, 1.807) is 6.07 Å². The van der Waals surface area contributed by atoms with Crippen LogP contribution in [0.15, 0.2) is 22.8 Å². The lowest BCUT2D eigenvalue weighted by atomic mass is 10.2. The molecule has 0 aliphatic rings. The molecular weight excluding hydrogens is 374 g/mol. The highest BCUT2D eigenvalue weighted by Gasteiger charge is 2.23. The Morgan fingerprint density at radius 3 is 2.33 bits per heavy atom. The maximum Gasteiger partial charge on any atom is 0.186 e. The largest absolute Gasteiger partial charge is 0.329 e. The SMILES string of the molecule is Fc1cc(F)c(F)c(-n2c(=S)[nH]c3cc(Br)cnc32)c1F. The molecule has 2 heterocycles. The van der Waals surface area contributed by atoms with Crippen molar-refractivity contribution in [1.29, 1.82) is 0 Å². The number of aromatic amines is 1. The molecular formula is C12H4BrF4N3S. The molecule has 0 aliphatic carbocycles. The van der Waals surface area contributed by atoms with Gasteiger partial charge in [-0.2, -0.15) is 0 Å². The molecule has 3 rings (SSSR count). The van der Waals surface area contributed by atoms with Crippen molar-refractivity contribution >= 4 is 39.3 Å². The lowest BCUT2D eigenvalue weighted by molar-refractivity contribution is 0.448. The quantitative estimate of drug-likeness (QED) is 0.387. The minimum Gasteiger partial charge on any atom is -0.329 e.